The van der Waals surface area contributed by atoms with E-state index in [1.807, 2.05) is 27.7 Å². The maximum absolute atomic E-state index is 13.1. The lowest BCUT2D eigenvalue weighted by Gasteiger charge is -2.34. The Morgan fingerprint density at radius 3 is 1.83 bits per heavy atom. The van der Waals surface area contributed by atoms with Crippen LogP contribution in [0, 0.1) is 17.8 Å². The number of benzene rings is 1. The highest BCUT2D eigenvalue weighted by Gasteiger charge is 2.45. The average molecular weight is 594 g/mol. The van der Waals surface area contributed by atoms with Gasteiger partial charge in [0.1, 0.15) is 12.2 Å². The molecule has 2 rings (SSSR count). The van der Waals surface area contributed by atoms with Gasteiger partial charge in [-0.05, 0) is 70.1 Å². The predicted molar refractivity (Wildman–Crippen MR) is 154 cm³/mol. The molecule has 42 heavy (non-hydrogen) atoms. The first-order valence-electron chi connectivity index (χ1n) is 14.8. The lowest BCUT2D eigenvalue weighted by atomic mass is 9.89. The van der Waals surface area contributed by atoms with Crippen molar-refractivity contribution >= 4 is 24.2 Å². The number of aliphatic carboxylic acids is 1. The number of ether oxygens (including phenoxy) is 5. The van der Waals surface area contributed by atoms with Crippen LogP contribution in [0.2, 0.25) is 0 Å². The van der Waals surface area contributed by atoms with E-state index in [2.05, 4.69) is 5.32 Å². The summed E-state index contributed by atoms with van der Waals surface area (Å²) in [5, 5.41) is 13.2. The van der Waals surface area contributed by atoms with Crippen molar-refractivity contribution in [3.05, 3.63) is 23.8 Å². The Hall–Kier alpha value is -3.34. The third-order valence-electron chi connectivity index (χ3n) is 7.37. The molecule has 0 radical (unpaired) electrons. The van der Waals surface area contributed by atoms with Gasteiger partial charge in [-0.1, -0.05) is 53.0 Å². The number of rotatable bonds is 13. The number of carbonyl (C=O) groups excluding carboxylic acids is 3. The minimum Gasteiger partial charge on any atom is -0.477 e. The summed E-state index contributed by atoms with van der Waals surface area (Å²) in [5.41, 5.74) is -1.77. The second-order valence-electron chi connectivity index (χ2n) is 12.0. The zero-order chi connectivity index (χ0) is 31.6. The Morgan fingerprint density at radius 1 is 0.833 bits per heavy atom. The van der Waals surface area contributed by atoms with E-state index in [1.165, 1.54) is 18.2 Å². The smallest absolute Gasteiger partial charge is 0.477 e. The third kappa shape index (κ3) is 10.5. The molecular formula is C31H47NO10. The molecule has 1 aliphatic carbocycles. The fourth-order valence-electron chi connectivity index (χ4n) is 4.27. The van der Waals surface area contributed by atoms with Crippen molar-refractivity contribution in [3.8, 4) is 11.5 Å². The summed E-state index contributed by atoms with van der Waals surface area (Å²) in [6.45, 7) is 14.4. The van der Waals surface area contributed by atoms with Crippen molar-refractivity contribution in [3.63, 3.8) is 0 Å². The Morgan fingerprint density at radius 2 is 1.36 bits per heavy atom. The van der Waals surface area contributed by atoms with Gasteiger partial charge in [0.25, 0.3) is 5.72 Å². The van der Waals surface area contributed by atoms with Gasteiger partial charge in [-0.15, -0.1) is 0 Å². The summed E-state index contributed by atoms with van der Waals surface area (Å²) in [5.74, 6) is -2.59. The molecule has 0 amide bonds. The van der Waals surface area contributed by atoms with E-state index < -0.39 is 42.2 Å². The van der Waals surface area contributed by atoms with Crippen molar-refractivity contribution in [2.75, 3.05) is 0 Å². The first-order valence-corrected chi connectivity index (χ1v) is 14.8. The van der Waals surface area contributed by atoms with Crippen LogP contribution in [-0.2, 0) is 30.2 Å². The summed E-state index contributed by atoms with van der Waals surface area (Å²) in [7, 11) is 0. The SMILES string of the molecule is CC(C)N[C@@](Cc1ccc(OC(=O)OC(C)C(C)C)c(OC(=O)OC(C)C(C)C)c1)(OC(=O)C1CCCCC1)C(=O)O. The molecule has 0 aliphatic heterocycles. The molecule has 1 aromatic rings. The molecule has 0 spiro atoms. The molecule has 0 heterocycles. The van der Waals surface area contributed by atoms with Crippen LogP contribution in [0.1, 0.15) is 93.1 Å². The average Bonchev–Trinajstić information content (AvgIpc) is 2.89. The second-order valence-corrected chi connectivity index (χ2v) is 12.0. The van der Waals surface area contributed by atoms with Gasteiger partial charge in [-0.25, -0.2) is 14.4 Å². The van der Waals surface area contributed by atoms with Gasteiger partial charge in [0.15, 0.2) is 11.5 Å². The lowest BCUT2D eigenvalue weighted by molar-refractivity contribution is -0.188. The molecule has 1 aromatic carbocycles. The molecule has 1 aliphatic rings. The summed E-state index contributed by atoms with van der Waals surface area (Å²) in [6.07, 6.45) is 0.833. The number of esters is 1. The molecule has 3 atom stereocenters. The van der Waals surface area contributed by atoms with Gasteiger partial charge in [0.2, 0.25) is 0 Å². The zero-order valence-corrected chi connectivity index (χ0v) is 26.1. The number of carbonyl (C=O) groups is 4. The minimum atomic E-state index is -2.10. The van der Waals surface area contributed by atoms with E-state index in [-0.39, 0.29) is 41.7 Å². The topological polar surface area (TPSA) is 147 Å². The number of hydrogen-bond acceptors (Lipinski definition) is 10. The van der Waals surface area contributed by atoms with Crippen molar-refractivity contribution < 1.29 is 48.0 Å². The van der Waals surface area contributed by atoms with Crippen LogP contribution in [0.4, 0.5) is 9.59 Å². The highest BCUT2D eigenvalue weighted by molar-refractivity contribution is 5.83. The molecule has 1 fully saturated rings. The molecule has 11 nitrogen and oxygen atoms in total. The summed E-state index contributed by atoms with van der Waals surface area (Å²) in [4.78, 5) is 50.8. The fourth-order valence-corrected chi connectivity index (χ4v) is 4.27. The predicted octanol–water partition coefficient (Wildman–Crippen LogP) is 6.25. The molecule has 2 unspecified atom stereocenters. The maximum atomic E-state index is 13.1. The molecule has 0 aromatic heterocycles. The third-order valence-corrected chi connectivity index (χ3v) is 7.37. The van der Waals surface area contributed by atoms with Gasteiger partial charge < -0.3 is 28.8 Å². The normalized spacial score (nSPS) is 16.8. The standard InChI is InChI=1S/C31H47NO10/c1-18(2)21(7)38-29(36)40-25-15-14-23(16-26(25)41-30(37)39-22(8)19(3)4)17-31(28(34)35,32-20(5)6)42-27(33)24-12-10-9-11-13-24/h14-16,18-22,24,32H,9-13,17H2,1-8H3,(H,34,35)/t21?,22?,31-/m0/s1. The lowest BCUT2D eigenvalue weighted by Crippen LogP contribution is -2.59. The Balaban J connectivity index is 2.43. The molecule has 236 valence electrons. The van der Waals surface area contributed by atoms with E-state index in [4.69, 9.17) is 23.7 Å². The van der Waals surface area contributed by atoms with E-state index in [9.17, 15) is 24.3 Å². The highest BCUT2D eigenvalue weighted by atomic mass is 16.8. The van der Waals surface area contributed by atoms with Gasteiger partial charge in [0, 0.05) is 12.5 Å². The molecule has 0 saturated heterocycles. The van der Waals surface area contributed by atoms with Crippen LogP contribution in [0.5, 0.6) is 11.5 Å². The van der Waals surface area contributed by atoms with Crippen LogP contribution in [0.25, 0.3) is 0 Å². The zero-order valence-electron chi connectivity index (χ0n) is 26.1. The van der Waals surface area contributed by atoms with Gasteiger partial charge in [-0.3, -0.25) is 10.1 Å². The second kappa shape index (κ2) is 15.8. The van der Waals surface area contributed by atoms with Crippen molar-refractivity contribution in [1.82, 2.24) is 5.32 Å². The summed E-state index contributed by atoms with van der Waals surface area (Å²) < 4.78 is 27.1. The maximum Gasteiger partial charge on any atom is 0.514 e. The van der Waals surface area contributed by atoms with Crippen molar-refractivity contribution in [1.29, 1.82) is 0 Å². The van der Waals surface area contributed by atoms with E-state index in [1.54, 1.807) is 27.7 Å². The highest BCUT2D eigenvalue weighted by Crippen LogP contribution is 2.33. The minimum absolute atomic E-state index is 0.0178. The van der Waals surface area contributed by atoms with E-state index in [0.29, 0.717) is 18.4 Å². The summed E-state index contributed by atoms with van der Waals surface area (Å²) >= 11 is 0. The Bertz CT molecular complexity index is 1080. The van der Waals surface area contributed by atoms with Gasteiger partial charge in [0.05, 0.1) is 5.92 Å². The molecule has 2 N–H and O–H groups in total. The quantitative estimate of drug-likeness (QED) is 0.116. The van der Waals surface area contributed by atoms with Crippen LogP contribution >= 0.6 is 0 Å². The largest absolute Gasteiger partial charge is 0.514 e. The number of carboxylic acid groups (broad SMARTS) is 1. The van der Waals surface area contributed by atoms with E-state index in [0.717, 1.165) is 19.3 Å². The van der Waals surface area contributed by atoms with Crippen LogP contribution in [0.3, 0.4) is 0 Å². The van der Waals surface area contributed by atoms with Crippen LogP contribution in [-0.4, -0.2) is 53.3 Å². The number of carboxylic acids is 1. The Labute approximate surface area is 248 Å². The number of hydrogen-bond donors (Lipinski definition) is 2. The summed E-state index contributed by atoms with van der Waals surface area (Å²) in [6, 6.07) is 3.85. The number of nitrogens with one attached hydrogen (secondary N) is 1. The van der Waals surface area contributed by atoms with Crippen LogP contribution in [0.15, 0.2) is 18.2 Å². The fraction of sp³-hybridized carbons (Fsp3) is 0.677. The van der Waals surface area contributed by atoms with Crippen molar-refractivity contribution in [2.45, 2.75) is 118 Å². The van der Waals surface area contributed by atoms with E-state index >= 15 is 0 Å². The van der Waals surface area contributed by atoms with Gasteiger partial charge in [-0.2, -0.15) is 0 Å². The molecular weight excluding hydrogens is 546 g/mol. The van der Waals surface area contributed by atoms with Gasteiger partial charge >= 0.3 is 24.2 Å². The van der Waals surface area contributed by atoms with Crippen molar-refractivity contribution in [2.24, 2.45) is 17.8 Å². The molecule has 11 heteroatoms. The first-order chi connectivity index (χ1) is 19.6. The Kier molecular flexibility index (Phi) is 13.1. The monoisotopic (exact) mass is 593 g/mol. The first kappa shape index (κ1) is 34.9. The van der Waals surface area contributed by atoms with Crippen LogP contribution < -0.4 is 14.8 Å². The molecule has 1 saturated carbocycles. The molecule has 0 bridgehead atoms.